The molecule has 0 aliphatic carbocycles. The van der Waals surface area contributed by atoms with E-state index in [0.29, 0.717) is 6.07 Å². The van der Waals surface area contributed by atoms with Crippen molar-refractivity contribution < 1.29 is 22.0 Å². The number of hydrogen-bond acceptors (Lipinski definition) is 3. The van der Waals surface area contributed by atoms with Crippen molar-refractivity contribution in [3.63, 3.8) is 0 Å². The molecular formula is C8H8F5N3. The maximum atomic E-state index is 12.4. The molecule has 0 amide bonds. The van der Waals surface area contributed by atoms with Crippen LogP contribution in [-0.2, 0) is 12.7 Å². The van der Waals surface area contributed by atoms with E-state index in [9.17, 15) is 22.0 Å². The molecule has 0 spiro atoms. The van der Waals surface area contributed by atoms with Crippen molar-refractivity contribution in [2.24, 2.45) is 5.73 Å². The number of alkyl halides is 5. The van der Waals surface area contributed by atoms with E-state index in [-0.39, 0.29) is 12.2 Å². The highest BCUT2D eigenvalue weighted by Gasteiger charge is 2.37. The van der Waals surface area contributed by atoms with E-state index < -0.39 is 29.5 Å². The third-order valence-corrected chi connectivity index (χ3v) is 1.87. The van der Waals surface area contributed by atoms with E-state index in [1.165, 1.54) is 0 Å². The standard InChI is InChI=1S/C8H8F5N3/c9-6(10)5-4(8(11,12)13)1-3(2-14)16-7(5)15/h1,6H,2,14H2,(H2,15,16). The molecule has 16 heavy (non-hydrogen) atoms. The number of nitrogens with two attached hydrogens (primary N) is 2. The monoisotopic (exact) mass is 241 g/mol. The fraction of sp³-hybridized carbons (Fsp3) is 0.375. The summed E-state index contributed by atoms with van der Waals surface area (Å²) in [4.78, 5) is 3.36. The molecule has 0 unspecified atom stereocenters. The van der Waals surface area contributed by atoms with Crippen LogP contribution in [0.3, 0.4) is 0 Å². The van der Waals surface area contributed by atoms with Gasteiger partial charge in [0, 0.05) is 6.54 Å². The van der Waals surface area contributed by atoms with Crippen molar-refractivity contribution >= 4 is 5.82 Å². The molecule has 8 heteroatoms. The molecule has 0 saturated carbocycles. The molecule has 0 radical (unpaired) electrons. The summed E-state index contributed by atoms with van der Waals surface area (Å²) >= 11 is 0. The predicted molar refractivity (Wildman–Crippen MR) is 46.5 cm³/mol. The number of aromatic nitrogens is 1. The summed E-state index contributed by atoms with van der Waals surface area (Å²) in [7, 11) is 0. The van der Waals surface area contributed by atoms with Crippen LogP contribution >= 0.6 is 0 Å². The highest BCUT2D eigenvalue weighted by atomic mass is 19.4. The fourth-order valence-corrected chi connectivity index (χ4v) is 1.20. The first kappa shape index (κ1) is 12.6. The maximum absolute atomic E-state index is 12.4. The molecule has 4 N–H and O–H groups in total. The Morgan fingerprint density at radius 3 is 2.25 bits per heavy atom. The third kappa shape index (κ3) is 2.38. The van der Waals surface area contributed by atoms with E-state index in [1.807, 2.05) is 0 Å². The molecule has 0 atom stereocenters. The molecule has 0 bridgehead atoms. The van der Waals surface area contributed by atoms with Crippen molar-refractivity contribution in [3.8, 4) is 0 Å². The molecule has 1 rings (SSSR count). The van der Waals surface area contributed by atoms with Gasteiger partial charge in [-0.05, 0) is 6.07 Å². The van der Waals surface area contributed by atoms with Crippen LogP contribution in [0.15, 0.2) is 6.07 Å². The van der Waals surface area contributed by atoms with Crippen LogP contribution in [0.5, 0.6) is 0 Å². The minimum atomic E-state index is -4.91. The zero-order valence-electron chi connectivity index (χ0n) is 7.85. The Bertz CT molecular complexity index is 388. The molecule has 3 nitrogen and oxygen atoms in total. The van der Waals surface area contributed by atoms with Crippen LogP contribution in [0.25, 0.3) is 0 Å². The summed E-state index contributed by atoms with van der Waals surface area (Å²) in [5, 5.41) is 0. The van der Waals surface area contributed by atoms with E-state index >= 15 is 0 Å². The van der Waals surface area contributed by atoms with E-state index in [0.717, 1.165) is 0 Å². The van der Waals surface area contributed by atoms with Crippen LogP contribution in [-0.4, -0.2) is 4.98 Å². The number of hydrogen-bond donors (Lipinski definition) is 2. The molecule has 0 aromatic carbocycles. The van der Waals surface area contributed by atoms with E-state index in [1.54, 1.807) is 0 Å². The Morgan fingerprint density at radius 1 is 1.31 bits per heavy atom. The number of anilines is 1. The Kier molecular flexibility index (Phi) is 3.32. The topological polar surface area (TPSA) is 64.9 Å². The van der Waals surface area contributed by atoms with E-state index in [2.05, 4.69) is 4.98 Å². The Morgan fingerprint density at radius 2 is 1.88 bits per heavy atom. The van der Waals surface area contributed by atoms with Crippen molar-refractivity contribution in [1.29, 1.82) is 0 Å². The van der Waals surface area contributed by atoms with Gasteiger partial charge in [-0.2, -0.15) is 13.2 Å². The molecule has 1 aromatic heterocycles. The SMILES string of the molecule is NCc1cc(C(F)(F)F)c(C(F)F)c(N)n1. The highest BCUT2D eigenvalue weighted by Crippen LogP contribution is 2.38. The first-order valence-corrected chi connectivity index (χ1v) is 4.12. The summed E-state index contributed by atoms with van der Waals surface area (Å²) in [6.07, 6.45) is -8.25. The van der Waals surface area contributed by atoms with Crippen LogP contribution in [0, 0.1) is 0 Å². The van der Waals surface area contributed by atoms with Gasteiger partial charge in [0.15, 0.2) is 0 Å². The van der Waals surface area contributed by atoms with Crippen molar-refractivity contribution in [2.45, 2.75) is 19.1 Å². The smallest absolute Gasteiger partial charge is 0.383 e. The zero-order chi connectivity index (χ0) is 12.5. The minimum Gasteiger partial charge on any atom is -0.383 e. The quantitative estimate of drug-likeness (QED) is 0.779. The fourth-order valence-electron chi connectivity index (χ4n) is 1.20. The van der Waals surface area contributed by atoms with Crippen molar-refractivity contribution in [1.82, 2.24) is 4.98 Å². The lowest BCUT2D eigenvalue weighted by molar-refractivity contribution is -0.139. The second kappa shape index (κ2) is 4.20. The van der Waals surface area contributed by atoms with Gasteiger partial charge >= 0.3 is 6.18 Å². The van der Waals surface area contributed by atoms with Gasteiger partial charge in [-0.25, -0.2) is 13.8 Å². The first-order valence-electron chi connectivity index (χ1n) is 4.12. The Balaban J connectivity index is 3.47. The average Bonchev–Trinajstić information content (AvgIpc) is 2.14. The van der Waals surface area contributed by atoms with E-state index in [4.69, 9.17) is 11.5 Å². The molecule has 0 saturated heterocycles. The van der Waals surface area contributed by atoms with Gasteiger partial charge in [-0.1, -0.05) is 0 Å². The van der Waals surface area contributed by atoms with Crippen molar-refractivity contribution in [3.05, 3.63) is 22.9 Å². The zero-order valence-corrected chi connectivity index (χ0v) is 7.85. The predicted octanol–water partition coefficient (Wildman–Crippen LogP) is 2.08. The molecule has 0 aliphatic heterocycles. The summed E-state index contributed by atoms with van der Waals surface area (Å²) in [5.74, 6) is -0.842. The Labute approximate surface area is 87.3 Å². The lowest BCUT2D eigenvalue weighted by atomic mass is 10.1. The Hall–Kier alpha value is -1.44. The third-order valence-electron chi connectivity index (χ3n) is 1.87. The summed E-state index contributed by atoms with van der Waals surface area (Å²) in [5.41, 5.74) is 7.16. The maximum Gasteiger partial charge on any atom is 0.417 e. The lowest BCUT2D eigenvalue weighted by Gasteiger charge is -2.15. The number of halogens is 5. The number of pyridine rings is 1. The summed E-state index contributed by atoms with van der Waals surface area (Å²) in [6, 6.07) is 0.484. The first-order chi connectivity index (χ1) is 7.27. The van der Waals surface area contributed by atoms with Crippen LogP contribution < -0.4 is 11.5 Å². The number of nitrogens with zero attached hydrogens (tertiary/aromatic N) is 1. The van der Waals surface area contributed by atoms with Gasteiger partial charge in [0.2, 0.25) is 0 Å². The summed E-state index contributed by atoms with van der Waals surface area (Å²) in [6.45, 7) is -0.309. The molecule has 1 aromatic rings. The van der Waals surface area contributed by atoms with Crippen LogP contribution in [0.4, 0.5) is 27.8 Å². The van der Waals surface area contributed by atoms with Gasteiger partial charge < -0.3 is 11.5 Å². The molecule has 1 heterocycles. The second-order valence-corrected chi connectivity index (χ2v) is 2.96. The van der Waals surface area contributed by atoms with Gasteiger partial charge in [-0.15, -0.1) is 0 Å². The van der Waals surface area contributed by atoms with Gasteiger partial charge in [0.05, 0.1) is 16.8 Å². The van der Waals surface area contributed by atoms with Crippen LogP contribution in [0.1, 0.15) is 23.2 Å². The highest BCUT2D eigenvalue weighted by molar-refractivity contribution is 5.48. The van der Waals surface area contributed by atoms with Gasteiger partial charge in [-0.3, -0.25) is 0 Å². The normalized spacial score (nSPS) is 12.2. The van der Waals surface area contributed by atoms with Gasteiger partial charge in [0.25, 0.3) is 6.43 Å². The number of nitrogen functional groups attached to an aromatic ring is 1. The summed E-state index contributed by atoms with van der Waals surface area (Å²) < 4.78 is 62.1. The van der Waals surface area contributed by atoms with Gasteiger partial charge in [0.1, 0.15) is 5.82 Å². The largest absolute Gasteiger partial charge is 0.417 e. The second-order valence-electron chi connectivity index (χ2n) is 2.96. The molecule has 90 valence electrons. The molecular weight excluding hydrogens is 233 g/mol. The van der Waals surface area contributed by atoms with Crippen LogP contribution in [0.2, 0.25) is 0 Å². The average molecular weight is 241 g/mol. The van der Waals surface area contributed by atoms with Crippen molar-refractivity contribution in [2.75, 3.05) is 5.73 Å². The number of rotatable bonds is 2. The molecule has 0 aliphatic rings. The molecule has 0 fully saturated rings. The lowest BCUT2D eigenvalue weighted by Crippen LogP contribution is -2.15. The minimum absolute atomic E-state index is 0.186.